The van der Waals surface area contributed by atoms with Crippen LogP contribution in [0.2, 0.25) is 0 Å². The fraction of sp³-hybridized carbons (Fsp3) is 0.304. The fourth-order valence-electron chi connectivity index (χ4n) is 4.36. The minimum atomic E-state index is -1.06. The first-order valence-electron chi connectivity index (χ1n) is 10.2. The first kappa shape index (κ1) is 20.6. The number of fused-ring (bicyclic) bond motifs is 2. The Morgan fingerprint density at radius 2 is 1.97 bits per heavy atom. The molecule has 3 aromatic heterocycles. The van der Waals surface area contributed by atoms with Gasteiger partial charge in [-0.15, -0.1) is 0 Å². The predicted molar refractivity (Wildman–Crippen MR) is 119 cm³/mol. The van der Waals surface area contributed by atoms with E-state index < -0.39 is 29.3 Å². The quantitative estimate of drug-likeness (QED) is 0.497. The summed E-state index contributed by atoms with van der Waals surface area (Å²) in [4.78, 5) is 45.6. The van der Waals surface area contributed by atoms with Crippen molar-refractivity contribution in [1.82, 2.24) is 19.1 Å². The lowest BCUT2D eigenvalue weighted by Crippen LogP contribution is -2.44. The number of pyridine rings is 1. The summed E-state index contributed by atoms with van der Waals surface area (Å²) in [6.07, 6.45) is 3.40. The summed E-state index contributed by atoms with van der Waals surface area (Å²) in [7, 11) is 0. The highest BCUT2D eigenvalue weighted by Gasteiger charge is 2.25. The second kappa shape index (κ2) is 7.86. The van der Waals surface area contributed by atoms with E-state index >= 15 is 0 Å². The predicted octanol–water partition coefficient (Wildman–Crippen LogP) is 3.38. The SMILES string of the molecule is CCC(CC(=O)O)n1c(=O)c2ncccc2n(C(C)c2c[nH]c3cccc(C)c23)c1=O. The molecule has 2 unspecified atom stereocenters. The number of H-pyrrole nitrogens is 1. The zero-order valence-corrected chi connectivity index (χ0v) is 17.6. The summed E-state index contributed by atoms with van der Waals surface area (Å²) < 4.78 is 2.60. The van der Waals surface area contributed by atoms with Crippen LogP contribution in [0.25, 0.3) is 21.9 Å². The minimum absolute atomic E-state index is 0.148. The van der Waals surface area contributed by atoms with E-state index in [2.05, 4.69) is 9.97 Å². The largest absolute Gasteiger partial charge is 0.481 e. The maximum atomic E-state index is 13.6. The van der Waals surface area contributed by atoms with Crippen molar-refractivity contribution in [2.45, 2.75) is 45.7 Å². The number of hydrogen-bond donors (Lipinski definition) is 2. The Labute approximate surface area is 177 Å². The van der Waals surface area contributed by atoms with Gasteiger partial charge >= 0.3 is 11.7 Å². The highest BCUT2D eigenvalue weighted by molar-refractivity contribution is 5.87. The zero-order valence-electron chi connectivity index (χ0n) is 17.6. The summed E-state index contributed by atoms with van der Waals surface area (Å²) in [5, 5.41) is 10.3. The number of nitrogens with one attached hydrogen (secondary N) is 1. The van der Waals surface area contributed by atoms with Gasteiger partial charge in [-0.2, -0.15) is 0 Å². The first-order chi connectivity index (χ1) is 14.8. The topological polar surface area (TPSA) is 110 Å². The van der Waals surface area contributed by atoms with Crippen LogP contribution in [0.3, 0.4) is 0 Å². The van der Waals surface area contributed by atoms with Gasteiger partial charge in [-0.1, -0.05) is 19.1 Å². The van der Waals surface area contributed by atoms with Crippen molar-refractivity contribution in [1.29, 1.82) is 0 Å². The molecule has 160 valence electrons. The van der Waals surface area contributed by atoms with Gasteiger partial charge in [0.15, 0.2) is 5.52 Å². The number of rotatable bonds is 6. The third kappa shape index (κ3) is 3.34. The number of carboxylic acids is 1. The number of aromatic amines is 1. The Hall–Kier alpha value is -3.68. The smallest absolute Gasteiger partial charge is 0.332 e. The van der Waals surface area contributed by atoms with E-state index in [0.29, 0.717) is 11.9 Å². The summed E-state index contributed by atoms with van der Waals surface area (Å²) in [6.45, 7) is 5.67. The number of carbonyl (C=O) groups is 1. The zero-order chi connectivity index (χ0) is 22.3. The second-order valence-electron chi connectivity index (χ2n) is 7.78. The van der Waals surface area contributed by atoms with E-state index in [9.17, 15) is 19.5 Å². The number of benzene rings is 1. The normalized spacial score (nSPS) is 13.5. The molecule has 0 aliphatic heterocycles. The molecular formula is C23H24N4O4. The molecule has 0 spiro atoms. The number of nitrogens with zero attached hydrogens (tertiary/aromatic N) is 3. The van der Waals surface area contributed by atoms with Crippen LogP contribution in [0.4, 0.5) is 0 Å². The van der Waals surface area contributed by atoms with Crippen LogP contribution in [0.5, 0.6) is 0 Å². The van der Waals surface area contributed by atoms with Crippen molar-refractivity contribution in [3.05, 3.63) is 74.7 Å². The maximum Gasteiger partial charge on any atom is 0.332 e. The minimum Gasteiger partial charge on any atom is -0.481 e. The van der Waals surface area contributed by atoms with Crippen molar-refractivity contribution in [3.8, 4) is 0 Å². The molecule has 4 aromatic rings. The third-order valence-electron chi connectivity index (χ3n) is 5.91. The molecular weight excluding hydrogens is 396 g/mol. The average Bonchev–Trinajstić information content (AvgIpc) is 3.18. The molecule has 0 bridgehead atoms. The summed E-state index contributed by atoms with van der Waals surface area (Å²) in [5.74, 6) is -1.06. The van der Waals surface area contributed by atoms with Gasteiger partial charge in [-0.25, -0.2) is 9.78 Å². The molecule has 0 saturated heterocycles. The van der Waals surface area contributed by atoms with Gasteiger partial charge in [0.2, 0.25) is 0 Å². The Bertz CT molecular complexity index is 1410. The molecule has 8 nitrogen and oxygen atoms in total. The lowest BCUT2D eigenvalue weighted by molar-refractivity contribution is -0.138. The van der Waals surface area contributed by atoms with Crippen molar-refractivity contribution >= 4 is 27.9 Å². The van der Waals surface area contributed by atoms with E-state index in [4.69, 9.17) is 0 Å². The Morgan fingerprint density at radius 1 is 1.19 bits per heavy atom. The van der Waals surface area contributed by atoms with E-state index in [1.54, 1.807) is 23.6 Å². The number of aliphatic carboxylic acids is 1. The maximum absolute atomic E-state index is 13.6. The third-order valence-corrected chi connectivity index (χ3v) is 5.91. The van der Waals surface area contributed by atoms with Crippen molar-refractivity contribution < 1.29 is 9.90 Å². The molecule has 0 saturated carbocycles. The van der Waals surface area contributed by atoms with Crippen LogP contribution in [-0.4, -0.2) is 30.2 Å². The van der Waals surface area contributed by atoms with Crippen LogP contribution < -0.4 is 11.2 Å². The number of aryl methyl sites for hydroxylation is 1. The van der Waals surface area contributed by atoms with Crippen molar-refractivity contribution in [2.75, 3.05) is 0 Å². The standard InChI is InChI=1S/C23H24N4O4/c1-4-15(11-19(28)29)27-22(30)21-18(9-6-10-24-21)26(23(27)31)14(3)16-12-25-17-8-5-7-13(2)20(16)17/h5-10,12,14-15,25H,4,11H2,1-3H3,(H,28,29). The summed E-state index contributed by atoms with van der Waals surface area (Å²) >= 11 is 0. The lowest BCUT2D eigenvalue weighted by Gasteiger charge is -2.22. The fourth-order valence-corrected chi connectivity index (χ4v) is 4.36. The van der Waals surface area contributed by atoms with Crippen molar-refractivity contribution in [3.63, 3.8) is 0 Å². The molecule has 4 rings (SSSR count). The molecule has 2 atom stereocenters. The van der Waals surface area contributed by atoms with Gasteiger partial charge in [-0.3, -0.25) is 18.7 Å². The summed E-state index contributed by atoms with van der Waals surface area (Å²) in [6, 6.07) is 8.16. The number of hydrogen-bond acceptors (Lipinski definition) is 4. The summed E-state index contributed by atoms with van der Waals surface area (Å²) in [5.41, 5.74) is 2.42. The number of carboxylic acid groups (broad SMARTS) is 1. The highest BCUT2D eigenvalue weighted by Crippen LogP contribution is 2.30. The molecule has 2 N–H and O–H groups in total. The van der Waals surface area contributed by atoms with Crippen LogP contribution in [0.15, 0.2) is 52.3 Å². The van der Waals surface area contributed by atoms with Gasteiger partial charge in [0.05, 0.1) is 24.0 Å². The molecule has 3 heterocycles. The molecule has 0 amide bonds. The van der Waals surface area contributed by atoms with Crippen molar-refractivity contribution in [2.24, 2.45) is 0 Å². The Kier molecular flexibility index (Phi) is 5.22. The molecule has 0 fully saturated rings. The lowest BCUT2D eigenvalue weighted by atomic mass is 10.0. The first-order valence-corrected chi connectivity index (χ1v) is 10.2. The van der Waals surface area contributed by atoms with Gasteiger partial charge in [0.25, 0.3) is 5.56 Å². The molecule has 1 aromatic carbocycles. The van der Waals surface area contributed by atoms with Crippen LogP contribution in [0.1, 0.15) is 49.9 Å². The van der Waals surface area contributed by atoms with Gasteiger partial charge < -0.3 is 10.1 Å². The molecule has 0 aliphatic rings. The second-order valence-corrected chi connectivity index (χ2v) is 7.78. The molecule has 0 aliphatic carbocycles. The molecule has 0 radical (unpaired) electrons. The monoisotopic (exact) mass is 420 g/mol. The Balaban J connectivity index is 2.04. The Morgan fingerprint density at radius 3 is 2.68 bits per heavy atom. The van der Waals surface area contributed by atoms with Gasteiger partial charge in [0, 0.05) is 28.9 Å². The van der Waals surface area contributed by atoms with Gasteiger partial charge in [0.1, 0.15) is 0 Å². The highest BCUT2D eigenvalue weighted by atomic mass is 16.4. The average molecular weight is 420 g/mol. The number of aromatic nitrogens is 4. The van der Waals surface area contributed by atoms with Gasteiger partial charge in [-0.05, 0) is 44.0 Å². The van der Waals surface area contributed by atoms with E-state index in [1.807, 2.05) is 38.2 Å². The van der Waals surface area contributed by atoms with Crippen LogP contribution >= 0.6 is 0 Å². The molecule has 8 heteroatoms. The van der Waals surface area contributed by atoms with Crippen LogP contribution in [-0.2, 0) is 4.79 Å². The molecule has 31 heavy (non-hydrogen) atoms. The van der Waals surface area contributed by atoms with E-state index in [0.717, 1.165) is 26.6 Å². The van der Waals surface area contributed by atoms with E-state index in [1.165, 1.54) is 6.20 Å². The van der Waals surface area contributed by atoms with Crippen LogP contribution in [0, 0.1) is 6.92 Å². The van der Waals surface area contributed by atoms with E-state index in [-0.39, 0.29) is 11.9 Å².